The van der Waals surface area contributed by atoms with Crippen molar-refractivity contribution >= 4 is 21.7 Å². The van der Waals surface area contributed by atoms with Gasteiger partial charge in [0.2, 0.25) is 0 Å². The lowest BCUT2D eigenvalue weighted by Crippen LogP contribution is -2.12. The summed E-state index contributed by atoms with van der Waals surface area (Å²) >= 11 is 3.29. The summed E-state index contributed by atoms with van der Waals surface area (Å²) in [4.78, 5) is 8.03. The Hall–Kier alpha value is -1.62. The molecular weight excluding hydrogens is 282 g/mol. The summed E-state index contributed by atoms with van der Waals surface area (Å²) in [5.41, 5.74) is 0. The lowest BCUT2D eigenvalue weighted by Gasteiger charge is -2.07. The van der Waals surface area contributed by atoms with E-state index in [1.54, 1.807) is 0 Å². The lowest BCUT2D eigenvalue weighted by atomic mass is 10.3. The smallest absolute Gasteiger partial charge is 0.130 e. The molecule has 1 aromatic carbocycles. The molecule has 17 heavy (non-hydrogen) atoms. The molecule has 1 aromatic heterocycles. The Labute approximate surface area is 108 Å². The second-order valence-corrected chi connectivity index (χ2v) is 4.13. The third-order valence-corrected chi connectivity index (χ3v) is 2.49. The minimum absolute atomic E-state index is 0.589. The van der Waals surface area contributed by atoms with Crippen LogP contribution < -0.4 is 10.1 Å². The van der Waals surface area contributed by atoms with Crippen molar-refractivity contribution in [3.05, 3.63) is 47.3 Å². The fourth-order valence-electron chi connectivity index (χ4n) is 1.29. The van der Waals surface area contributed by atoms with Gasteiger partial charge >= 0.3 is 0 Å². The molecule has 0 bridgehead atoms. The van der Waals surface area contributed by atoms with E-state index in [1.807, 2.05) is 36.4 Å². The summed E-state index contributed by atoms with van der Waals surface area (Å²) < 4.78 is 6.30. The lowest BCUT2D eigenvalue weighted by molar-refractivity contribution is 0.333. The number of nitrogens with zero attached hydrogens (tertiary/aromatic N) is 2. The SMILES string of the molecule is Brc1cc(NCCOc2ccccc2)ncn1. The molecule has 1 heterocycles. The van der Waals surface area contributed by atoms with Crippen molar-refractivity contribution in [2.45, 2.75) is 0 Å². The van der Waals surface area contributed by atoms with Crippen LogP contribution in [0.4, 0.5) is 5.82 Å². The van der Waals surface area contributed by atoms with Crippen LogP contribution in [0, 0.1) is 0 Å². The van der Waals surface area contributed by atoms with Crippen molar-refractivity contribution in [3.63, 3.8) is 0 Å². The van der Waals surface area contributed by atoms with E-state index in [2.05, 4.69) is 31.2 Å². The van der Waals surface area contributed by atoms with Gasteiger partial charge < -0.3 is 10.1 Å². The Morgan fingerprint density at radius 3 is 2.76 bits per heavy atom. The molecule has 0 saturated heterocycles. The van der Waals surface area contributed by atoms with Crippen molar-refractivity contribution in [3.8, 4) is 5.75 Å². The number of aromatic nitrogens is 2. The van der Waals surface area contributed by atoms with Gasteiger partial charge in [0.05, 0.1) is 6.54 Å². The van der Waals surface area contributed by atoms with Gasteiger partial charge in [-0.1, -0.05) is 18.2 Å². The Morgan fingerprint density at radius 1 is 1.18 bits per heavy atom. The predicted molar refractivity (Wildman–Crippen MR) is 70.2 cm³/mol. The molecule has 0 saturated carbocycles. The first-order valence-corrected chi connectivity index (χ1v) is 6.03. The Balaban J connectivity index is 1.73. The highest BCUT2D eigenvalue weighted by Crippen LogP contribution is 2.10. The van der Waals surface area contributed by atoms with Gasteiger partial charge in [0.25, 0.3) is 0 Å². The minimum Gasteiger partial charge on any atom is -0.492 e. The first-order valence-electron chi connectivity index (χ1n) is 5.24. The normalized spacial score (nSPS) is 9.94. The quantitative estimate of drug-likeness (QED) is 0.680. The van der Waals surface area contributed by atoms with Crippen LogP contribution in [0.25, 0.3) is 0 Å². The second kappa shape index (κ2) is 6.20. The Bertz CT molecular complexity index is 464. The molecule has 0 aliphatic carbocycles. The molecule has 4 nitrogen and oxygen atoms in total. The number of rotatable bonds is 5. The molecule has 0 spiro atoms. The number of halogens is 1. The molecule has 5 heteroatoms. The van der Waals surface area contributed by atoms with Crippen LogP contribution >= 0.6 is 15.9 Å². The number of para-hydroxylation sites is 1. The number of hydrogen-bond acceptors (Lipinski definition) is 4. The molecule has 0 aliphatic rings. The monoisotopic (exact) mass is 293 g/mol. The van der Waals surface area contributed by atoms with Gasteiger partial charge in [0.1, 0.15) is 29.1 Å². The van der Waals surface area contributed by atoms with E-state index in [9.17, 15) is 0 Å². The molecule has 1 N–H and O–H groups in total. The summed E-state index contributed by atoms with van der Waals surface area (Å²) in [6.07, 6.45) is 1.50. The van der Waals surface area contributed by atoms with E-state index >= 15 is 0 Å². The summed E-state index contributed by atoms with van der Waals surface area (Å²) in [7, 11) is 0. The Morgan fingerprint density at radius 2 is 2.00 bits per heavy atom. The van der Waals surface area contributed by atoms with Gasteiger partial charge in [-0.05, 0) is 28.1 Å². The van der Waals surface area contributed by atoms with Crippen LogP contribution in [0.5, 0.6) is 5.75 Å². The molecule has 88 valence electrons. The number of ether oxygens (including phenoxy) is 1. The average Bonchev–Trinajstić information content (AvgIpc) is 2.36. The van der Waals surface area contributed by atoms with E-state index in [4.69, 9.17) is 4.74 Å². The zero-order valence-electron chi connectivity index (χ0n) is 9.14. The van der Waals surface area contributed by atoms with E-state index in [0.29, 0.717) is 13.2 Å². The zero-order valence-corrected chi connectivity index (χ0v) is 10.7. The maximum absolute atomic E-state index is 5.54. The van der Waals surface area contributed by atoms with Crippen molar-refractivity contribution in [1.82, 2.24) is 9.97 Å². The minimum atomic E-state index is 0.589. The first kappa shape index (κ1) is 11.9. The van der Waals surface area contributed by atoms with Gasteiger partial charge in [0, 0.05) is 6.07 Å². The molecule has 0 radical (unpaired) electrons. The van der Waals surface area contributed by atoms with Gasteiger partial charge in [-0.3, -0.25) is 0 Å². The maximum Gasteiger partial charge on any atom is 0.130 e. The number of benzene rings is 1. The topological polar surface area (TPSA) is 47.0 Å². The first-order chi connectivity index (χ1) is 8.34. The van der Waals surface area contributed by atoms with Gasteiger partial charge in [-0.25, -0.2) is 9.97 Å². The van der Waals surface area contributed by atoms with Gasteiger partial charge in [-0.15, -0.1) is 0 Å². The van der Waals surface area contributed by atoms with Crippen LogP contribution in [0.1, 0.15) is 0 Å². The summed E-state index contributed by atoms with van der Waals surface area (Å²) in [6.45, 7) is 1.28. The van der Waals surface area contributed by atoms with E-state index < -0.39 is 0 Å². The summed E-state index contributed by atoms with van der Waals surface area (Å²) in [6, 6.07) is 11.5. The fourth-order valence-corrected chi connectivity index (χ4v) is 1.60. The average molecular weight is 294 g/mol. The van der Waals surface area contributed by atoms with Crippen LogP contribution in [-0.4, -0.2) is 23.1 Å². The molecule has 0 aliphatic heterocycles. The molecule has 0 amide bonds. The van der Waals surface area contributed by atoms with Crippen molar-refractivity contribution in [2.24, 2.45) is 0 Å². The van der Waals surface area contributed by atoms with Gasteiger partial charge in [-0.2, -0.15) is 0 Å². The van der Waals surface area contributed by atoms with Crippen LogP contribution in [0.3, 0.4) is 0 Å². The third kappa shape index (κ3) is 4.03. The largest absolute Gasteiger partial charge is 0.492 e. The van der Waals surface area contributed by atoms with Crippen molar-refractivity contribution in [1.29, 1.82) is 0 Å². The van der Waals surface area contributed by atoms with Crippen LogP contribution in [0.15, 0.2) is 47.3 Å². The Kier molecular flexibility index (Phi) is 4.32. The van der Waals surface area contributed by atoms with E-state index in [0.717, 1.165) is 16.2 Å². The van der Waals surface area contributed by atoms with E-state index in [1.165, 1.54) is 6.33 Å². The molecule has 2 aromatic rings. The van der Waals surface area contributed by atoms with Crippen molar-refractivity contribution < 1.29 is 4.74 Å². The van der Waals surface area contributed by atoms with E-state index in [-0.39, 0.29) is 0 Å². The highest BCUT2D eigenvalue weighted by molar-refractivity contribution is 9.10. The summed E-state index contributed by atoms with van der Waals surface area (Å²) in [5.74, 6) is 1.65. The standard InChI is InChI=1S/C12H12BrN3O/c13-11-8-12(16-9-15-11)14-6-7-17-10-4-2-1-3-5-10/h1-5,8-9H,6-7H2,(H,14,15,16). The number of hydrogen-bond donors (Lipinski definition) is 1. The molecule has 0 fully saturated rings. The molecule has 0 atom stereocenters. The van der Waals surface area contributed by atoms with Crippen molar-refractivity contribution in [2.75, 3.05) is 18.5 Å². The zero-order chi connectivity index (χ0) is 11.9. The van der Waals surface area contributed by atoms with Gasteiger partial charge in [0.15, 0.2) is 0 Å². The molecule has 2 rings (SSSR count). The fraction of sp³-hybridized carbons (Fsp3) is 0.167. The highest BCUT2D eigenvalue weighted by Gasteiger charge is 1.95. The summed E-state index contributed by atoms with van der Waals surface area (Å²) in [5, 5.41) is 3.15. The number of anilines is 1. The second-order valence-electron chi connectivity index (χ2n) is 3.31. The van der Waals surface area contributed by atoms with Crippen LogP contribution in [0.2, 0.25) is 0 Å². The van der Waals surface area contributed by atoms with Crippen LogP contribution in [-0.2, 0) is 0 Å². The maximum atomic E-state index is 5.54. The third-order valence-electron chi connectivity index (χ3n) is 2.05. The number of nitrogens with one attached hydrogen (secondary N) is 1. The molecule has 0 unspecified atom stereocenters. The predicted octanol–water partition coefficient (Wildman–Crippen LogP) is 2.73. The molecular formula is C12H12BrN3O. The highest BCUT2D eigenvalue weighted by atomic mass is 79.9.